The first kappa shape index (κ1) is 13.9. The van der Waals surface area contributed by atoms with Gasteiger partial charge < -0.3 is 14.7 Å². The minimum Gasteiger partial charge on any atom is -0.493 e. The molecule has 0 radical (unpaired) electrons. The largest absolute Gasteiger partial charge is 0.493 e. The number of hydrogen-bond acceptors (Lipinski definition) is 4. The van der Waals surface area contributed by atoms with Crippen molar-refractivity contribution in [2.45, 2.75) is 6.61 Å². The molecule has 0 aliphatic heterocycles. The van der Waals surface area contributed by atoms with Crippen molar-refractivity contribution in [3.05, 3.63) is 59.4 Å². The molecule has 0 saturated carbocycles. The zero-order valence-electron chi connectivity index (χ0n) is 10.9. The van der Waals surface area contributed by atoms with E-state index in [9.17, 15) is 4.39 Å². The van der Waals surface area contributed by atoms with Gasteiger partial charge in [0.25, 0.3) is 0 Å². The molecule has 0 aliphatic carbocycles. The number of hydrogen-bond donors (Lipinski definition) is 1. The molecule has 0 aliphatic rings. The molecule has 5 heteroatoms. The minimum absolute atomic E-state index is 0.285. The summed E-state index contributed by atoms with van der Waals surface area (Å²) < 4.78 is 23.7. The molecular formula is C15H14FNO3. The van der Waals surface area contributed by atoms with E-state index in [1.165, 1.54) is 18.3 Å². The van der Waals surface area contributed by atoms with Crippen LogP contribution in [0.2, 0.25) is 0 Å². The van der Waals surface area contributed by atoms with Crippen molar-refractivity contribution in [2.75, 3.05) is 7.11 Å². The number of oxime groups is 1. The van der Waals surface area contributed by atoms with Crippen molar-refractivity contribution >= 4 is 6.21 Å². The van der Waals surface area contributed by atoms with Crippen LogP contribution < -0.4 is 9.47 Å². The molecule has 0 atom stereocenters. The van der Waals surface area contributed by atoms with Crippen molar-refractivity contribution in [3.8, 4) is 11.5 Å². The maximum atomic E-state index is 12.8. The minimum atomic E-state index is -0.285. The van der Waals surface area contributed by atoms with Crippen LogP contribution in [0.5, 0.6) is 11.5 Å². The maximum Gasteiger partial charge on any atom is 0.162 e. The summed E-state index contributed by atoms with van der Waals surface area (Å²) in [6.45, 7) is 0.288. The van der Waals surface area contributed by atoms with Crippen LogP contribution in [0.15, 0.2) is 47.6 Å². The molecule has 2 aromatic rings. The molecule has 0 bridgehead atoms. The highest BCUT2D eigenvalue weighted by molar-refractivity contribution is 5.80. The third-order valence-corrected chi connectivity index (χ3v) is 2.70. The fraction of sp³-hybridized carbons (Fsp3) is 0.133. The summed E-state index contributed by atoms with van der Waals surface area (Å²) in [5.74, 6) is 0.809. The Morgan fingerprint density at radius 2 is 1.90 bits per heavy atom. The van der Waals surface area contributed by atoms with Crippen molar-refractivity contribution in [1.82, 2.24) is 0 Å². The second-order valence-corrected chi connectivity index (χ2v) is 4.07. The summed E-state index contributed by atoms with van der Waals surface area (Å²) in [7, 11) is 1.54. The molecule has 0 aromatic heterocycles. The normalized spacial score (nSPS) is 10.7. The van der Waals surface area contributed by atoms with Gasteiger partial charge in [-0.05, 0) is 35.9 Å². The monoisotopic (exact) mass is 275 g/mol. The lowest BCUT2D eigenvalue weighted by Crippen LogP contribution is -1.98. The summed E-state index contributed by atoms with van der Waals surface area (Å²) in [5, 5.41) is 11.5. The van der Waals surface area contributed by atoms with Gasteiger partial charge in [0.1, 0.15) is 12.4 Å². The van der Waals surface area contributed by atoms with Crippen LogP contribution in [0.4, 0.5) is 4.39 Å². The highest BCUT2D eigenvalue weighted by Crippen LogP contribution is 2.28. The molecule has 0 amide bonds. The lowest BCUT2D eigenvalue weighted by molar-refractivity contribution is 0.284. The third-order valence-electron chi connectivity index (χ3n) is 2.70. The van der Waals surface area contributed by atoms with Crippen molar-refractivity contribution in [3.63, 3.8) is 0 Å². The summed E-state index contributed by atoms with van der Waals surface area (Å²) in [6.07, 6.45) is 1.30. The molecule has 0 spiro atoms. The van der Waals surface area contributed by atoms with Crippen LogP contribution in [0, 0.1) is 5.82 Å². The van der Waals surface area contributed by atoms with Crippen molar-refractivity contribution in [1.29, 1.82) is 0 Å². The highest BCUT2D eigenvalue weighted by Gasteiger charge is 2.06. The lowest BCUT2D eigenvalue weighted by atomic mass is 10.2. The topological polar surface area (TPSA) is 51.0 Å². The quantitative estimate of drug-likeness (QED) is 0.518. The van der Waals surface area contributed by atoms with E-state index >= 15 is 0 Å². The smallest absolute Gasteiger partial charge is 0.162 e. The Morgan fingerprint density at radius 3 is 2.55 bits per heavy atom. The Balaban J connectivity index is 2.14. The van der Waals surface area contributed by atoms with E-state index in [1.807, 2.05) is 0 Å². The summed E-state index contributed by atoms with van der Waals surface area (Å²) >= 11 is 0. The van der Waals surface area contributed by atoms with Gasteiger partial charge in [0.2, 0.25) is 0 Å². The van der Waals surface area contributed by atoms with E-state index in [0.29, 0.717) is 17.1 Å². The van der Waals surface area contributed by atoms with Gasteiger partial charge in [0, 0.05) is 5.56 Å². The molecule has 2 aromatic carbocycles. The number of nitrogens with zero attached hydrogens (tertiary/aromatic N) is 1. The number of halogens is 1. The van der Waals surface area contributed by atoms with E-state index in [-0.39, 0.29) is 12.4 Å². The fourth-order valence-corrected chi connectivity index (χ4v) is 1.69. The Labute approximate surface area is 116 Å². The molecule has 2 rings (SSSR count). The van der Waals surface area contributed by atoms with E-state index in [1.54, 1.807) is 37.4 Å². The van der Waals surface area contributed by atoms with Gasteiger partial charge in [0.15, 0.2) is 11.5 Å². The average Bonchev–Trinajstić information content (AvgIpc) is 2.47. The standard InChI is InChI=1S/C15H14FNO3/c1-19-14-7-4-12(9-17-18)8-15(14)20-10-11-2-5-13(16)6-3-11/h2-9,18H,10H2,1H3/b17-9+. The first-order chi connectivity index (χ1) is 9.72. The predicted octanol–water partition coefficient (Wildman–Crippen LogP) is 3.22. The zero-order chi connectivity index (χ0) is 14.4. The predicted molar refractivity (Wildman–Crippen MR) is 73.1 cm³/mol. The molecule has 0 fully saturated rings. The van der Waals surface area contributed by atoms with E-state index in [4.69, 9.17) is 14.7 Å². The Bertz CT molecular complexity index is 597. The number of rotatable bonds is 5. The Kier molecular flexibility index (Phi) is 4.55. The second-order valence-electron chi connectivity index (χ2n) is 4.07. The third kappa shape index (κ3) is 3.47. The molecule has 0 unspecified atom stereocenters. The molecule has 0 saturated heterocycles. The number of benzene rings is 2. The molecule has 0 heterocycles. The van der Waals surface area contributed by atoms with Gasteiger partial charge in [-0.2, -0.15) is 0 Å². The van der Waals surface area contributed by atoms with Crippen LogP contribution in [-0.2, 0) is 6.61 Å². The van der Waals surface area contributed by atoms with E-state index < -0.39 is 0 Å². The van der Waals surface area contributed by atoms with Crippen LogP contribution in [0.25, 0.3) is 0 Å². The highest BCUT2D eigenvalue weighted by atomic mass is 19.1. The molecular weight excluding hydrogens is 261 g/mol. The first-order valence-corrected chi connectivity index (χ1v) is 5.95. The Hall–Kier alpha value is -2.56. The fourth-order valence-electron chi connectivity index (χ4n) is 1.69. The summed E-state index contributed by atoms with van der Waals surface area (Å²) in [6, 6.07) is 11.2. The summed E-state index contributed by atoms with van der Waals surface area (Å²) in [4.78, 5) is 0. The van der Waals surface area contributed by atoms with Gasteiger partial charge in [-0.1, -0.05) is 17.3 Å². The zero-order valence-corrected chi connectivity index (χ0v) is 10.9. The maximum absolute atomic E-state index is 12.8. The molecule has 20 heavy (non-hydrogen) atoms. The van der Waals surface area contributed by atoms with Gasteiger partial charge in [-0.3, -0.25) is 0 Å². The SMILES string of the molecule is COc1ccc(/C=N/O)cc1OCc1ccc(F)cc1. The first-order valence-electron chi connectivity index (χ1n) is 5.95. The van der Waals surface area contributed by atoms with Gasteiger partial charge in [-0.15, -0.1) is 0 Å². The molecule has 4 nitrogen and oxygen atoms in total. The van der Waals surface area contributed by atoms with Crippen LogP contribution >= 0.6 is 0 Å². The van der Waals surface area contributed by atoms with Gasteiger partial charge >= 0.3 is 0 Å². The van der Waals surface area contributed by atoms with Crippen molar-refractivity contribution < 1.29 is 19.1 Å². The van der Waals surface area contributed by atoms with E-state index in [2.05, 4.69) is 5.16 Å². The van der Waals surface area contributed by atoms with Gasteiger partial charge in [-0.25, -0.2) is 4.39 Å². The second kappa shape index (κ2) is 6.56. The Morgan fingerprint density at radius 1 is 1.15 bits per heavy atom. The molecule has 104 valence electrons. The van der Waals surface area contributed by atoms with E-state index in [0.717, 1.165) is 5.56 Å². The lowest BCUT2D eigenvalue weighted by Gasteiger charge is -2.11. The average molecular weight is 275 g/mol. The van der Waals surface area contributed by atoms with Gasteiger partial charge in [0.05, 0.1) is 13.3 Å². The number of ether oxygens (including phenoxy) is 2. The number of methoxy groups -OCH3 is 1. The molecule has 1 N–H and O–H groups in total. The van der Waals surface area contributed by atoms with Crippen molar-refractivity contribution in [2.24, 2.45) is 5.16 Å². The van der Waals surface area contributed by atoms with Crippen LogP contribution in [0.1, 0.15) is 11.1 Å². The van der Waals surface area contributed by atoms with Crippen LogP contribution in [0.3, 0.4) is 0 Å². The summed E-state index contributed by atoms with van der Waals surface area (Å²) in [5.41, 5.74) is 1.53. The van der Waals surface area contributed by atoms with Crippen LogP contribution in [-0.4, -0.2) is 18.5 Å².